The molecule has 2 heterocycles. The first-order chi connectivity index (χ1) is 8.66. The van der Waals surface area contributed by atoms with Crippen LogP contribution in [0.3, 0.4) is 0 Å². The maximum absolute atomic E-state index is 12.0. The van der Waals surface area contributed by atoms with Crippen LogP contribution in [0.15, 0.2) is 46.1 Å². The summed E-state index contributed by atoms with van der Waals surface area (Å²) in [4.78, 5) is 27.7. The van der Waals surface area contributed by atoms with Crippen LogP contribution in [0.5, 0.6) is 0 Å². The lowest BCUT2D eigenvalue weighted by Gasteiger charge is -2.01. The third-order valence-corrected chi connectivity index (χ3v) is 3.71. The average molecular weight is 259 g/mol. The van der Waals surface area contributed by atoms with Crippen molar-refractivity contribution in [3.05, 3.63) is 57.4 Å². The molecule has 0 spiro atoms. The van der Waals surface area contributed by atoms with Crippen LogP contribution in [0.2, 0.25) is 0 Å². The van der Waals surface area contributed by atoms with Crippen molar-refractivity contribution in [2.45, 2.75) is 0 Å². The van der Waals surface area contributed by atoms with Crippen molar-refractivity contribution in [1.29, 1.82) is 0 Å². The molecule has 0 bridgehead atoms. The molecular weight excluding hydrogens is 250 g/mol. The molecule has 90 valence electrons. The van der Waals surface area contributed by atoms with Crippen molar-refractivity contribution in [3.63, 3.8) is 0 Å². The van der Waals surface area contributed by atoms with E-state index in [0.29, 0.717) is 5.13 Å². The number of fused-ring (bicyclic) bond motifs is 1. The summed E-state index contributed by atoms with van der Waals surface area (Å²) in [6.07, 6.45) is 1.46. The quantitative estimate of drug-likeness (QED) is 0.658. The second kappa shape index (κ2) is 3.92. The number of rotatable bonds is 1. The van der Waals surface area contributed by atoms with E-state index in [1.54, 1.807) is 0 Å². The molecule has 0 unspecified atom stereocenters. The lowest BCUT2D eigenvalue weighted by atomic mass is 10.3. The van der Waals surface area contributed by atoms with Gasteiger partial charge in [0, 0.05) is 19.3 Å². The molecule has 1 aromatic carbocycles. The van der Waals surface area contributed by atoms with E-state index in [4.69, 9.17) is 0 Å². The van der Waals surface area contributed by atoms with Gasteiger partial charge in [-0.15, -0.1) is 0 Å². The van der Waals surface area contributed by atoms with Crippen molar-refractivity contribution in [2.24, 2.45) is 7.05 Å². The Hall–Kier alpha value is -2.21. The van der Waals surface area contributed by atoms with E-state index in [0.717, 1.165) is 14.8 Å². The smallest absolute Gasteiger partial charge is 0.269 e. The molecule has 0 saturated carbocycles. The average Bonchev–Trinajstić information content (AvgIpc) is 2.79. The first-order valence-corrected chi connectivity index (χ1v) is 6.13. The van der Waals surface area contributed by atoms with Gasteiger partial charge in [0.1, 0.15) is 0 Å². The van der Waals surface area contributed by atoms with Gasteiger partial charge in [-0.05, 0) is 12.1 Å². The molecule has 0 aliphatic rings. The molecule has 0 aliphatic heterocycles. The van der Waals surface area contributed by atoms with Gasteiger partial charge in [0.15, 0.2) is 5.13 Å². The van der Waals surface area contributed by atoms with E-state index in [9.17, 15) is 9.59 Å². The normalized spacial score (nSPS) is 10.9. The molecule has 0 N–H and O–H groups in total. The van der Waals surface area contributed by atoms with Crippen molar-refractivity contribution >= 4 is 21.6 Å². The molecule has 0 atom stereocenters. The Labute approximate surface area is 106 Å². The van der Waals surface area contributed by atoms with E-state index >= 15 is 0 Å². The highest BCUT2D eigenvalue weighted by Gasteiger charge is 2.08. The summed E-state index contributed by atoms with van der Waals surface area (Å²) in [6, 6.07) is 9.02. The van der Waals surface area contributed by atoms with Gasteiger partial charge in [-0.2, -0.15) is 0 Å². The zero-order valence-corrected chi connectivity index (χ0v) is 10.3. The maximum atomic E-state index is 12.0. The molecule has 0 amide bonds. The standard InChI is InChI=1S/C12H9N3O2S/c1-14-10(16)6-7-15(12(14)17)11-13-8-4-2-3-5-9(8)18-11/h2-7H,1H3. The number of para-hydroxylation sites is 1. The van der Waals surface area contributed by atoms with E-state index in [2.05, 4.69) is 4.98 Å². The Morgan fingerprint density at radius 2 is 1.94 bits per heavy atom. The van der Waals surface area contributed by atoms with Gasteiger partial charge in [0.05, 0.1) is 10.2 Å². The van der Waals surface area contributed by atoms with Crippen LogP contribution in [-0.4, -0.2) is 14.1 Å². The summed E-state index contributed by atoms with van der Waals surface area (Å²) in [5.74, 6) is 0. The monoisotopic (exact) mass is 259 g/mol. The number of benzene rings is 1. The Kier molecular flexibility index (Phi) is 2.38. The molecule has 3 aromatic rings. The van der Waals surface area contributed by atoms with Crippen LogP contribution in [0, 0.1) is 0 Å². The highest BCUT2D eigenvalue weighted by atomic mass is 32.1. The van der Waals surface area contributed by atoms with Gasteiger partial charge < -0.3 is 0 Å². The van der Waals surface area contributed by atoms with Crippen LogP contribution < -0.4 is 11.2 Å². The summed E-state index contributed by atoms with van der Waals surface area (Å²) in [5.41, 5.74) is 0.136. The fourth-order valence-electron chi connectivity index (χ4n) is 1.68. The number of nitrogens with zero attached hydrogens (tertiary/aromatic N) is 3. The topological polar surface area (TPSA) is 56.9 Å². The minimum absolute atomic E-state index is 0.322. The molecule has 18 heavy (non-hydrogen) atoms. The molecule has 2 aromatic heterocycles. The molecule has 3 rings (SSSR count). The summed E-state index contributed by atoms with van der Waals surface area (Å²) in [6.45, 7) is 0. The van der Waals surface area contributed by atoms with Crippen LogP contribution in [-0.2, 0) is 7.05 Å². The van der Waals surface area contributed by atoms with Crippen LogP contribution in [0.4, 0.5) is 0 Å². The molecule has 0 saturated heterocycles. The zero-order valence-electron chi connectivity index (χ0n) is 9.53. The SMILES string of the molecule is Cn1c(=O)ccn(-c2nc3ccccc3s2)c1=O. The summed E-state index contributed by atoms with van der Waals surface area (Å²) in [7, 11) is 1.45. The molecular formula is C12H9N3O2S. The molecule has 5 nitrogen and oxygen atoms in total. The van der Waals surface area contributed by atoms with Crippen LogP contribution in [0.25, 0.3) is 15.3 Å². The van der Waals surface area contributed by atoms with Crippen molar-refractivity contribution in [2.75, 3.05) is 0 Å². The van der Waals surface area contributed by atoms with E-state index in [-0.39, 0.29) is 11.2 Å². The maximum Gasteiger partial charge on any atom is 0.337 e. The van der Waals surface area contributed by atoms with E-state index < -0.39 is 0 Å². The first kappa shape index (κ1) is 10.9. The lowest BCUT2D eigenvalue weighted by molar-refractivity contribution is 0.727. The van der Waals surface area contributed by atoms with Gasteiger partial charge >= 0.3 is 5.69 Å². The number of aromatic nitrogens is 3. The van der Waals surface area contributed by atoms with Crippen molar-refractivity contribution in [1.82, 2.24) is 14.1 Å². The highest BCUT2D eigenvalue weighted by molar-refractivity contribution is 7.20. The van der Waals surface area contributed by atoms with Gasteiger partial charge in [0.25, 0.3) is 5.56 Å². The van der Waals surface area contributed by atoms with Gasteiger partial charge in [-0.25, -0.2) is 14.3 Å². The number of hydrogen-bond donors (Lipinski definition) is 0. The number of thiazole rings is 1. The van der Waals surface area contributed by atoms with Crippen LogP contribution >= 0.6 is 11.3 Å². The summed E-state index contributed by atoms with van der Waals surface area (Å²) >= 11 is 1.42. The predicted molar refractivity (Wildman–Crippen MR) is 70.5 cm³/mol. The lowest BCUT2D eigenvalue weighted by Crippen LogP contribution is -2.36. The predicted octanol–water partition coefficient (Wildman–Crippen LogP) is 1.15. The second-order valence-electron chi connectivity index (χ2n) is 3.83. The van der Waals surface area contributed by atoms with Crippen LogP contribution in [0.1, 0.15) is 0 Å². The first-order valence-electron chi connectivity index (χ1n) is 5.31. The van der Waals surface area contributed by atoms with E-state index in [1.807, 2.05) is 24.3 Å². The van der Waals surface area contributed by atoms with Crippen molar-refractivity contribution < 1.29 is 0 Å². The van der Waals surface area contributed by atoms with Gasteiger partial charge in [-0.3, -0.25) is 9.36 Å². The molecule has 0 fully saturated rings. The molecule has 6 heteroatoms. The second-order valence-corrected chi connectivity index (χ2v) is 4.84. The third-order valence-electron chi connectivity index (χ3n) is 2.68. The number of hydrogen-bond acceptors (Lipinski definition) is 4. The van der Waals surface area contributed by atoms with Crippen molar-refractivity contribution in [3.8, 4) is 5.13 Å². The Morgan fingerprint density at radius 1 is 1.17 bits per heavy atom. The Balaban J connectivity index is 2.30. The summed E-state index contributed by atoms with van der Waals surface area (Å²) in [5, 5.41) is 0.566. The highest BCUT2D eigenvalue weighted by Crippen LogP contribution is 2.23. The molecule has 0 aliphatic carbocycles. The third kappa shape index (κ3) is 1.58. The summed E-state index contributed by atoms with van der Waals surface area (Å²) < 4.78 is 3.45. The molecule has 0 radical (unpaired) electrons. The van der Waals surface area contributed by atoms with Gasteiger partial charge in [-0.1, -0.05) is 23.5 Å². The minimum Gasteiger partial charge on any atom is -0.269 e. The Bertz CT molecular complexity index is 811. The van der Waals surface area contributed by atoms with E-state index in [1.165, 1.54) is 35.2 Å². The minimum atomic E-state index is -0.387. The zero-order chi connectivity index (χ0) is 12.7. The fourth-order valence-corrected chi connectivity index (χ4v) is 2.62. The largest absolute Gasteiger partial charge is 0.337 e. The van der Waals surface area contributed by atoms with Gasteiger partial charge in [0.2, 0.25) is 0 Å². The fraction of sp³-hybridized carbons (Fsp3) is 0.0833. The Morgan fingerprint density at radius 3 is 2.72 bits per heavy atom.